The molecule has 0 aromatic heterocycles. The molecule has 2 rings (SSSR count). The van der Waals surface area contributed by atoms with Crippen molar-refractivity contribution >= 4 is 19.5 Å². The molecule has 5 N–H and O–H groups in total. The maximum atomic E-state index is 12.2. The maximum absolute atomic E-state index is 12.2. The van der Waals surface area contributed by atoms with Crippen molar-refractivity contribution in [1.82, 2.24) is 20.0 Å². The highest BCUT2D eigenvalue weighted by atomic mass is 31.2. The largest absolute Gasteiger partial charge is 0.392 e. The molecule has 2 atom stereocenters. The van der Waals surface area contributed by atoms with Crippen molar-refractivity contribution in [3.63, 3.8) is 0 Å². The number of β-amino-alcohol motifs (C(OH)–C–C–N with tert-alkyl or cyclic N) is 2. The fourth-order valence-corrected chi connectivity index (χ4v) is 4.17. The van der Waals surface area contributed by atoms with Crippen LogP contribution in [0.4, 0.5) is 0 Å². The molecule has 1 saturated heterocycles. The van der Waals surface area contributed by atoms with Gasteiger partial charge in [-0.05, 0) is 31.5 Å². The lowest BCUT2D eigenvalue weighted by Gasteiger charge is -2.27. The van der Waals surface area contributed by atoms with Crippen LogP contribution in [0.2, 0.25) is 0 Å². The third-order valence-corrected chi connectivity index (χ3v) is 6.02. The van der Waals surface area contributed by atoms with Gasteiger partial charge < -0.3 is 25.3 Å². The summed E-state index contributed by atoms with van der Waals surface area (Å²) in [6.45, 7) is 10.7. The van der Waals surface area contributed by atoms with E-state index >= 15 is 0 Å². The molecule has 1 amide bonds. The fourth-order valence-electron chi connectivity index (χ4n) is 3.77. The molecule has 1 aliphatic rings. The van der Waals surface area contributed by atoms with Crippen LogP contribution in [0.25, 0.3) is 0 Å². The van der Waals surface area contributed by atoms with Crippen LogP contribution in [0, 0.1) is 0 Å². The van der Waals surface area contributed by atoms with Gasteiger partial charge in [-0.1, -0.05) is 18.4 Å². The lowest BCUT2D eigenvalue weighted by molar-refractivity contribution is 0.0958. The molecule has 182 valence electrons. The van der Waals surface area contributed by atoms with E-state index in [9.17, 15) is 24.8 Å². The molecular formula is C22H39N4O5P. The highest BCUT2D eigenvalue weighted by molar-refractivity contribution is 7.62. The second-order valence-corrected chi connectivity index (χ2v) is 10.9. The van der Waals surface area contributed by atoms with E-state index in [-0.39, 0.29) is 24.4 Å². The molecule has 0 bridgehead atoms. The van der Waals surface area contributed by atoms with Crippen LogP contribution in [0.15, 0.2) is 24.3 Å². The number of carbonyl (C=O) groups is 1. The number of aliphatic hydroxyl groups excluding tert-OH is 2. The topological polar surface area (TPSA) is 120 Å². The minimum absolute atomic E-state index is 0.243. The lowest BCUT2D eigenvalue weighted by Crippen LogP contribution is -2.41. The average Bonchev–Trinajstić information content (AvgIpc) is 2.78. The van der Waals surface area contributed by atoms with Gasteiger partial charge in [-0.15, -0.1) is 0 Å². The number of aliphatic hydroxyl groups is 2. The molecule has 0 saturated carbocycles. The summed E-state index contributed by atoms with van der Waals surface area (Å²) in [6, 6.07) is 7.29. The first-order valence-electron chi connectivity index (χ1n) is 11.1. The second kappa shape index (κ2) is 12.8. The van der Waals surface area contributed by atoms with Crippen LogP contribution in [0.5, 0.6) is 0 Å². The Hall–Kier alpha value is -1.29. The third-order valence-electron chi connectivity index (χ3n) is 5.36. The van der Waals surface area contributed by atoms with E-state index in [0.717, 1.165) is 51.4 Å². The standard InChI is InChI=1S/C22H39N4O5P/c1-18(27)14-24-8-9-25(15-19(2)28)11-13-26(12-10-24)16-20-4-6-21(7-5-20)22(29)23-17-32(3,30)31/h4-7,18-19,27-28,30-31H,3,8-17H2,1-2H3,(H,23,29)/t18-,19-/m0/s1. The van der Waals surface area contributed by atoms with Crippen molar-refractivity contribution in [1.29, 1.82) is 0 Å². The zero-order valence-electron chi connectivity index (χ0n) is 19.2. The molecule has 1 heterocycles. The van der Waals surface area contributed by atoms with E-state index in [0.29, 0.717) is 18.7 Å². The molecule has 0 unspecified atom stereocenters. The summed E-state index contributed by atoms with van der Waals surface area (Å²) in [4.78, 5) is 37.7. The lowest BCUT2D eigenvalue weighted by atomic mass is 10.1. The molecule has 1 aliphatic heterocycles. The van der Waals surface area contributed by atoms with Crippen molar-refractivity contribution in [3.8, 4) is 0 Å². The number of nitrogens with zero attached hydrogens (tertiary/aromatic N) is 3. The number of carbonyl (C=O) groups excluding carboxylic acids is 1. The Morgan fingerprint density at radius 1 is 0.938 bits per heavy atom. The van der Waals surface area contributed by atoms with Crippen molar-refractivity contribution in [3.05, 3.63) is 35.4 Å². The van der Waals surface area contributed by atoms with E-state index in [1.165, 1.54) is 0 Å². The molecule has 10 heteroatoms. The minimum Gasteiger partial charge on any atom is -0.392 e. The van der Waals surface area contributed by atoms with Crippen LogP contribution >= 0.6 is 7.34 Å². The van der Waals surface area contributed by atoms with Crippen LogP contribution in [-0.2, 0) is 6.54 Å². The van der Waals surface area contributed by atoms with Crippen LogP contribution in [-0.4, -0.2) is 118 Å². The number of amides is 1. The molecule has 0 radical (unpaired) electrons. The van der Waals surface area contributed by atoms with Gasteiger partial charge in [0.15, 0.2) is 0 Å². The molecule has 9 nitrogen and oxygen atoms in total. The summed E-state index contributed by atoms with van der Waals surface area (Å²) in [5.74, 6) is -0.363. The summed E-state index contributed by atoms with van der Waals surface area (Å²) in [6.07, 6.45) is 2.23. The summed E-state index contributed by atoms with van der Waals surface area (Å²) < 4.78 is 0. The second-order valence-electron chi connectivity index (χ2n) is 8.82. The molecule has 1 fully saturated rings. The maximum Gasteiger partial charge on any atom is 0.251 e. The van der Waals surface area contributed by atoms with Crippen molar-refractivity contribution in [2.24, 2.45) is 0 Å². The summed E-state index contributed by atoms with van der Waals surface area (Å²) in [7, 11) is -3.29. The fraction of sp³-hybridized carbons (Fsp3) is 0.636. The third kappa shape index (κ3) is 10.6. The average molecular weight is 471 g/mol. The Kier molecular flexibility index (Phi) is 10.8. The molecule has 0 spiro atoms. The summed E-state index contributed by atoms with van der Waals surface area (Å²) in [5, 5.41) is 22.2. The predicted octanol–water partition coefficient (Wildman–Crippen LogP) is -0.181. The monoisotopic (exact) mass is 470 g/mol. The SMILES string of the molecule is C=P(O)(O)CNC(=O)c1ccc(CN2CCN(C[C@H](C)O)CCN(C[C@H](C)O)CC2)cc1. The van der Waals surface area contributed by atoms with Gasteiger partial charge in [0, 0.05) is 64.5 Å². The predicted molar refractivity (Wildman–Crippen MR) is 129 cm³/mol. The number of benzene rings is 1. The van der Waals surface area contributed by atoms with Gasteiger partial charge in [0.1, 0.15) is 7.34 Å². The number of nitrogens with one attached hydrogen (secondary N) is 1. The van der Waals surface area contributed by atoms with Gasteiger partial charge in [-0.3, -0.25) is 19.5 Å². The molecular weight excluding hydrogens is 431 g/mol. The Morgan fingerprint density at radius 2 is 1.38 bits per heavy atom. The minimum atomic E-state index is -3.29. The van der Waals surface area contributed by atoms with E-state index < -0.39 is 7.34 Å². The number of hydrogen-bond donors (Lipinski definition) is 5. The van der Waals surface area contributed by atoms with E-state index in [1.54, 1.807) is 26.0 Å². The van der Waals surface area contributed by atoms with Gasteiger partial charge in [-0.25, -0.2) is 0 Å². The Morgan fingerprint density at radius 3 is 1.78 bits per heavy atom. The molecule has 1 aromatic rings. The first kappa shape index (κ1) is 27.0. The zero-order chi connectivity index (χ0) is 23.7. The van der Waals surface area contributed by atoms with E-state index in [2.05, 4.69) is 26.3 Å². The van der Waals surface area contributed by atoms with Crippen molar-refractivity contribution in [2.75, 3.05) is 58.6 Å². The highest BCUT2D eigenvalue weighted by Crippen LogP contribution is 2.31. The molecule has 0 aliphatic carbocycles. The number of rotatable bonds is 9. The van der Waals surface area contributed by atoms with E-state index in [1.807, 2.05) is 12.1 Å². The highest BCUT2D eigenvalue weighted by Gasteiger charge is 2.19. The Bertz CT molecular complexity index is 731. The number of hydrogen-bond acceptors (Lipinski definition) is 8. The van der Waals surface area contributed by atoms with Gasteiger partial charge >= 0.3 is 0 Å². The van der Waals surface area contributed by atoms with Crippen LogP contribution < -0.4 is 5.32 Å². The zero-order valence-corrected chi connectivity index (χ0v) is 20.1. The Balaban J connectivity index is 2.00. The van der Waals surface area contributed by atoms with Gasteiger partial charge in [0.25, 0.3) is 5.91 Å². The van der Waals surface area contributed by atoms with Gasteiger partial charge in [-0.2, -0.15) is 0 Å². The molecule has 32 heavy (non-hydrogen) atoms. The summed E-state index contributed by atoms with van der Waals surface area (Å²) in [5.41, 5.74) is 1.53. The normalized spacial score (nSPS) is 19.6. The first-order chi connectivity index (χ1) is 15.0. The first-order valence-corrected chi connectivity index (χ1v) is 13.2. The molecule has 1 aromatic carbocycles. The smallest absolute Gasteiger partial charge is 0.251 e. The Labute approximate surface area is 191 Å². The van der Waals surface area contributed by atoms with E-state index in [4.69, 9.17) is 0 Å². The summed E-state index contributed by atoms with van der Waals surface area (Å²) >= 11 is 0. The quantitative estimate of drug-likeness (QED) is 0.316. The van der Waals surface area contributed by atoms with Gasteiger partial charge in [0.05, 0.1) is 18.5 Å². The van der Waals surface area contributed by atoms with Crippen molar-refractivity contribution in [2.45, 2.75) is 32.6 Å². The van der Waals surface area contributed by atoms with Crippen LogP contribution in [0.1, 0.15) is 29.8 Å². The van der Waals surface area contributed by atoms with Gasteiger partial charge in [0.2, 0.25) is 0 Å². The van der Waals surface area contributed by atoms with Crippen LogP contribution in [0.3, 0.4) is 0 Å². The van der Waals surface area contributed by atoms with Crippen molar-refractivity contribution < 1.29 is 24.8 Å².